The molecule has 0 rings (SSSR count). The van der Waals surface area contributed by atoms with Gasteiger partial charge in [-0.25, -0.2) is 19.4 Å². The number of rotatable bonds is 2. The first kappa shape index (κ1) is 9.57. The fourth-order valence-corrected chi connectivity index (χ4v) is 0.177. The molecule has 0 saturated carbocycles. The Morgan fingerprint density at radius 2 is 1.82 bits per heavy atom. The van der Waals surface area contributed by atoms with Gasteiger partial charge in [0.05, 0.1) is 6.54 Å². The van der Waals surface area contributed by atoms with Gasteiger partial charge in [0.2, 0.25) is 5.78 Å². The highest BCUT2D eigenvalue weighted by molar-refractivity contribution is 6.32. The van der Waals surface area contributed by atoms with E-state index in [9.17, 15) is 14.4 Å². The smallest absolute Gasteiger partial charge is 0.321 e. The maximum Gasteiger partial charge on any atom is 0.421 e. The predicted molar refractivity (Wildman–Crippen MR) is 31.9 cm³/mol. The maximum absolute atomic E-state index is 10.3. The van der Waals surface area contributed by atoms with Gasteiger partial charge < -0.3 is 5.73 Å². The van der Waals surface area contributed by atoms with Crippen molar-refractivity contribution in [3.05, 3.63) is 0 Å². The second-order valence-corrected chi connectivity index (χ2v) is 1.59. The number of carbonyl (C=O) groups is 3. The van der Waals surface area contributed by atoms with Crippen LogP contribution in [0, 0.1) is 0 Å². The minimum Gasteiger partial charge on any atom is -0.321 e. The van der Waals surface area contributed by atoms with Crippen molar-refractivity contribution in [1.82, 2.24) is 0 Å². The molecule has 0 atom stereocenters. The van der Waals surface area contributed by atoms with E-state index >= 15 is 0 Å². The largest absolute Gasteiger partial charge is 0.421 e. The lowest BCUT2D eigenvalue weighted by molar-refractivity contribution is -0.255. The van der Waals surface area contributed by atoms with Crippen LogP contribution < -0.4 is 5.73 Å². The Bertz CT molecular complexity index is 187. The van der Waals surface area contributed by atoms with Crippen molar-refractivity contribution in [3.63, 3.8) is 0 Å². The van der Waals surface area contributed by atoms with Gasteiger partial charge in [0.25, 0.3) is 0 Å². The molecule has 0 aliphatic rings. The summed E-state index contributed by atoms with van der Waals surface area (Å²) >= 11 is 0. The first-order valence-electron chi connectivity index (χ1n) is 2.70. The van der Waals surface area contributed by atoms with Gasteiger partial charge in [-0.05, 0) is 0 Å². The van der Waals surface area contributed by atoms with E-state index in [0.29, 0.717) is 0 Å². The molecular weight excluding hydrogens is 154 g/mol. The van der Waals surface area contributed by atoms with E-state index in [1.165, 1.54) is 0 Å². The zero-order valence-corrected chi connectivity index (χ0v) is 5.83. The van der Waals surface area contributed by atoms with Crippen LogP contribution in [-0.2, 0) is 24.2 Å². The maximum atomic E-state index is 10.3. The lowest BCUT2D eigenvalue weighted by atomic mass is 10.5. The molecular formula is C5H7NO5. The molecule has 6 heteroatoms. The number of hydrogen-bond acceptors (Lipinski definition) is 6. The first-order valence-corrected chi connectivity index (χ1v) is 2.70. The summed E-state index contributed by atoms with van der Waals surface area (Å²) < 4.78 is 0. The van der Waals surface area contributed by atoms with E-state index < -0.39 is 24.3 Å². The lowest BCUT2D eigenvalue weighted by Gasteiger charge is -1.97. The molecule has 2 N–H and O–H groups in total. The van der Waals surface area contributed by atoms with Crippen molar-refractivity contribution in [2.75, 3.05) is 6.54 Å². The Morgan fingerprint density at radius 3 is 2.18 bits per heavy atom. The Morgan fingerprint density at radius 1 is 1.27 bits per heavy atom. The van der Waals surface area contributed by atoms with Gasteiger partial charge >= 0.3 is 11.9 Å². The fourth-order valence-electron chi connectivity index (χ4n) is 0.177. The van der Waals surface area contributed by atoms with Gasteiger partial charge in [-0.15, -0.1) is 0 Å². The van der Waals surface area contributed by atoms with Crippen molar-refractivity contribution in [3.8, 4) is 0 Å². The van der Waals surface area contributed by atoms with Crippen LogP contribution in [-0.4, -0.2) is 24.3 Å². The summed E-state index contributed by atoms with van der Waals surface area (Å²) in [5, 5.41) is 0. The molecule has 0 spiro atoms. The van der Waals surface area contributed by atoms with Crippen LogP contribution >= 0.6 is 0 Å². The van der Waals surface area contributed by atoms with Crippen LogP contribution in [0.5, 0.6) is 0 Å². The number of Topliss-reactive ketones (excluding diaryl/α,β-unsaturated/α-hetero) is 1. The van der Waals surface area contributed by atoms with Crippen molar-refractivity contribution < 1.29 is 24.2 Å². The van der Waals surface area contributed by atoms with Gasteiger partial charge in [-0.2, -0.15) is 0 Å². The molecule has 0 aliphatic heterocycles. The summed E-state index contributed by atoms with van der Waals surface area (Å²) in [6.45, 7) is 0.573. The van der Waals surface area contributed by atoms with E-state index in [2.05, 4.69) is 9.78 Å². The van der Waals surface area contributed by atoms with E-state index in [4.69, 9.17) is 5.73 Å². The van der Waals surface area contributed by atoms with Crippen LogP contribution in [0.2, 0.25) is 0 Å². The summed E-state index contributed by atoms with van der Waals surface area (Å²) in [7, 11) is 0. The van der Waals surface area contributed by atoms with Crippen LogP contribution in [0.15, 0.2) is 0 Å². The fraction of sp³-hybridized carbons (Fsp3) is 0.400. The number of hydrogen-bond donors (Lipinski definition) is 1. The molecule has 0 aromatic rings. The molecule has 62 valence electrons. The van der Waals surface area contributed by atoms with Crippen LogP contribution in [0.3, 0.4) is 0 Å². The van der Waals surface area contributed by atoms with Crippen LogP contribution in [0.4, 0.5) is 0 Å². The summed E-state index contributed by atoms with van der Waals surface area (Å²) in [6, 6.07) is 0. The molecule has 0 aromatic carbocycles. The standard InChI is InChI=1S/C5H7NO5/c1-3(7)5(9)11-10-4(8)2-6/h2,6H2,1H3. The summed E-state index contributed by atoms with van der Waals surface area (Å²) in [5.41, 5.74) is 4.78. The normalized spacial score (nSPS) is 8.55. The minimum absolute atomic E-state index is 0.412. The van der Waals surface area contributed by atoms with Crippen LogP contribution in [0.1, 0.15) is 6.92 Å². The molecule has 0 saturated heterocycles. The Balaban J connectivity index is 3.63. The average Bonchev–Trinajstić information content (AvgIpc) is 1.99. The van der Waals surface area contributed by atoms with Gasteiger partial charge in [0.15, 0.2) is 0 Å². The zero-order chi connectivity index (χ0) is 8.85. The van der Waals surface area contributed by atoms with Gasteiger partial charge in [0.1, 0.15) is 0 Å². The highest BCUT2D eigenvalue weighted by Gasteiger charge is 2.12. The van der Waals surface area contributed by atoms with Crippen LogP contribution in [0.25, 0.3) is 0 Å². The summed E-state index contributed by atoms with van der Waals surface area (Å²) in [5.74, 6) is -3.00. The van der Waals surface area contributed by atoms with Crippen molar-refractivity contribution >= 4 is 17.7 Å². The molecule has 0 unspecified atom stereocenters. The monoisotopic (exact) mass is 161 g/mol. The van der Waals surface area contributed by atoms with Crippen molar-refractivity contribution in [2.45, 2.75) is 6.92 Å². The Kier molecular flexibility index (Phi) is 3.82. The van der Waals surface area contributed by atoms with Crippen molar-refractivity contribution in [1.29, 1.82) is 0 Å². The molecule has 0 aromatic heterocycles. The van der Waals surface area contributed by atoms with E-state index in [1.807, 2.05) is 0 Å². The SMILES string of the molecule is CC(=O)C(=O)OOC(=O)CN. The Hall–Kier alpha value is -1.43. The molecule has 0 heterocycles. The second-order valence-electron chi connectivity index (χ2n) is 1.59. The number of ketones is 1. The molecule has 0 amide bonds. The van der Waals surface area contributed by atoms with Gasteiger partial charge in [-0.1, -0.05) is 0 Å². The topological polar surface area (TPSA) is 95.7 Å². The van der Waals surface area contributed by atoms with E-state index in [1.54, 1.807) is 0 Å². The molecule has 11 heavy (non-hydrogen) atoms. The molecule has 0 bridgehead atoms. The third kappa shape index (κ3) is 4.04. The predicted octanol–water partition coefficient (Wildman–Crippen LogP) is -1.46. The van der Waals surface area contributed by atoms with E-state index in [-0.39, 0.29) is 0 Å². The molecule has 0 radical (unpaired) electrons. The highest BCUT2D eigenvalue weighted by atomic mass is 17.2. The molecule has 0 aliphatic carbocycles. The van der Waals surface area contributed by atoms with E-state index in [0.717, 1.165) is 6.92 Å². The summed E-state index contributed by atoms with van der Waals surface area (Å²) in [4.78, 5) is 38.1. The van der Waals surface area contributed by atoms with Gasteiger partial charge in [-0.3, -0.25) is 4.79 Å². The molecule has 6 nitrogen and oxygen atoms in total. The minimum atomic E-state index is -1.23. The Labute approximate surface area is 62.2 Å². The lowest BCUT2D eigenvalue weighted by Crippen LogP contribution is -2.21. The quantitative estimate of drug-likeness (QED) is 0.302. The highest BCUT2D eigenvalue weighted by Crippen LogP contribution is 1.82. The molecule has 0 fully saturated rings. The first-order chi connectivity index (χ1) is 5.07. The third-order valence-electron chi connectivity index (χ3n) is 0.664. The van der Waals surface area contributed by atoms with Crippen molar-refractivity contribution in [2.24, 2.45) is 5.73 Å². The average molecular weight is 161 g/mol. The summed E-state index contributed by atoms with van der Waals surface area (Å²) in [6.07, 6.45) is 0. The second kappa shape index (κ2) is 4.40. The number of carbonyl (C=O) groups excluding carboxylic acids is 3. The van der Waals surface area contributed by atoms with Gasteiger partial charge in [0, 0.05) is 6.92 Å². The third-order valence-corrected chi connectivity index (χ3v) is 0.664. The number of nitrogens with two attached hydrogens (primary N) is 1. The zero-order valence-electron chi connectivity index (χ0n) is 5.83.